The molecule has 0 fully saturated rings. The Morgan fingerprint density at radius 1 is 0.868 bits per heavy atom. The minimum absolute atomic E-state index is 0.0240. The van der Waals surface area contributed by atoms with Gasteiger partial charge in [0, 0.05) is 17.4 Å². The zero-order valence-electron chi connectivity index (χ0n) is 20.0. The van der Waals surface area contributed by atoms with E-state index in [0.717, 1.165) is 6.07 Å². The summed E-state index contributed by atoms with van der Waals surface area (Å²) in [6, 6.07) is 10.3. The first-order chi connectivity index (χ1) is 18.0. The fraction of sp³-hybridized carbons (Fsp3) is 0.136. The fourth-order valence-corrected chi connectivity index (χ4v) is 4.48. The number of hydrogen-bond donors (Lipinski definition) is 2. The molecule has 0 aliphatic heterocycles. The van der Waals surface area contributed by atoms with Gasteiger partial charge in [-0.15, -0.1) is 0 Å². The molecule has 2 aromatic heterocycles. The number of nitro benzene ring substituents is 2. The largest absolute Gasteiger partial charge is 0.481 e. The van der Waals surface area contributed by atoms with Crippen LogP contribution in [-0.2, 0) is 10.0 Å². The zero-order chi connectivity index (χ0) is 27.6. The Balaban J connectivity index is 1.69. The van der Waals surface area contributed by atoms with Crippen molar-refractivity contribution in [3.05, 3.63) is 74.5 Å². The predicted molar refractivity (Wildman–Crippen MR) is 135 cm³/mol. The van der Waals surface area contributed by atoms with Gasteiger partial charge in [-0.1, -0.05) is 0 Å². The molecule has 15 nitrogen and oxygen atoms in total. The standard InChI is InChI=1S/C22H19N7O8S/c1-12-4-9-15-16(28(30)31)10-17(29(32)33)21(20(15)23-12)24-13-5-7-14(8-6-13)38(34,35)27-18-11-19(36-2)26-22(25-18)37-3/h4-11,24H,1-3H3,(H,25,26,27). The average Bonchev–Trinajstić information content (AvgIpc) is 2.88. The van der Waals surface area contributed by atoms with Crippen molar-refractivity contribution in [2.24, 2.45) is 0 Å². The van der Waals surface area contributed by atoms with Crippen molar-refractivity contribution < 1.29 is 27.7 Å². The topological polar surface area (TPSA) is 202 Å². The molecule has 0 unspecified atom stereocenters. The molecule has 16 heteroatoms. The Bertz CT molecular complexity index is 1660. The second kappa shape index (κ2) is 10.1. The lowest BCUT2D eigenvalue weighted by Crippen LogP contribution is -2.14. The Kier molecular flexibility index (Phi) is 6.89. The predicted octanol–water partition coefficient (Wildman–Crippen LogP) is 3.71. The zero-order valence-corrected chi connectivity index (χ0v) is 20.8. The highest BCUT2D eigenvalue weighted by atomic mass is 32.2. The molecule has 0 bridgehead atoms. The number of nitrogens with one attached hydrogen (secondary N) is 2. The van der Waals surface area contributed by atoms with Crippen LogP contribution in [0.2, 0.25) is 0 Å². The number of aromatic nitrogens is 3. The van der Waals surface area contributed by atoms with Crippen LogP contribution in [-0.4, -0.2) is 47.4 Å². The molecular weight excluding hydrogens is 522 g/mol. The summed E-state index contributed by atoms with van der Waals surface area (Å²) < 4.78 is 38.0. The van der Waals surface area contributed by atoms with Gasteiger partial charge in [-0.05, 0) is 43.3 Å². The Hall–Kier alpha value is -5.12. The summed E-state index contributed by atoms with van der Waals surface area (Å²) in [4.78, 5) is 33.8. The molecular formula is C22H19N7O8S. The van der Waals surface area contributed by atoms with Crippen LogP contribution in [0.5, 0.6) is 11.9 Å². The Morgan fingerprint density at radius 3 is 2.16 bits per heavy atom. The SMILES string of the molecule is COc1cc(NS(=O)(=O)c2ccc(Nc3c([N+](=O)[O-])cc([N+](=O)[O-])c4ccc(C)nc34)cc2)nc(OC)n1. The van der Waals surface area contributed by atoms with E-state index >= 15 is 0 Å². The molecule has 0 amide bonds. The summed E-state index contributed by atoms with van der Waals surface area (Å²) in [6.07, 6.45) is 0. The molecule has 0 spiro atoms. The maximum absolute atomic E-state index is 12.9. The highest BCUT2D eigenvalue weighted by molar-refractivity contribution is 7.92. The number of sulfonamides is 1. The van der Waals surface area contributed by atoms with Gasteiger partial charge >= 0.3 is 11.7 Å². The third-order valence-electron chi connectivity index (χ3n) is 5.22. The van der Waals surface area contributed by atoms with E-state index in [9.17, 15) is 28.6 Å². The summed E-state index contributed by atoms with van der Waals surface area (Å²) in [6.45, 7) is 1.64. The molecule has 196 valence electrons. The van der Waals surface area contributed by atoms with Crippen molar-refractivity contribution in [1.29, 1.82) is 0 Å². The number of nitro groups is 2. The van der Waals surface area contributed by atoms with Gasteiger partial charge in [-0.2, -0.15) is 9.97 Å². The van der Waals surface area contributed by atoms with E-state index in [2.05, 4.69) is 25.0 Å². The smallest absolute Gasteiger partial charge is 0.321 e. The van der Waals surface area contributed by atoms with Crippen LogP contribution >= 0.6 is 0 Å². The summed E-state index contributed by atoms with van der Waals surface area (Å²) in [5.41, 5.74) is -0.316. The monoisotopic (exact) mass is 541 g/mol. The van der Waals surface area contributed by atoms with Gasteiger partial charge in [0.2, 0.25) is 5.88 Å². The van der Waals surface area contributed by atoms with E-state index in [1.807, 2.05) is 0 Å². The third-order valence-corrected chi connectivity index (χ3v) is 6.59. The van der Waals surface area contributed by atoms with Gasteiger partial charge in [-0.3, -0.25) is 29.9 Å². The minimum Gasteiger partial charge on any atom is -0.481 e. The van der Waals surface area contributed by atoms with E-state index in [4.69, 9.17) is 9.47 Å². The Morgan fingerprint density at radius 2 is 1.55 bits per heavy atom. The maximum atomic E-state index is 12.9. The quantitative estimate of drug-likeness (QED) is 0.230. The van der Waals surface area contributed by atoms with Gasteiger partial charge in [-0.25, -0.2) is 8.42 Å². The van der Waals surface area contributed by atoms with Crippen LogP contribution in [0.25, 0.3) is 10.9 Å². The van der Waals surface area contributed by atoms with Crippen molar-refractivity contribution in [3.8, 4) is 11.9 Å². The van der Waals surface area contributed by atoms with Crippen LogP contribution in [0, 0.1) is 27.2 Å². The van der Waals surface area contributed by atoms with Crippen LogP contribution in [0.1, 0.15) is 5.69 Å². The molecule has 0 radical (unpaired) electrons. The molecule has 0 saturated heterocycles. The van der Waals surface area contributed by atoms with Gasteiger partial charge in [0.15, 0.2) is 5.82 Å². The number of nitrogens with zero attached hydrogens (tertiary/aromatic N) is 5. The van der Waals surface area contributed by atoms with Crippen LogP contribution in [0.3, 0.4) is 0 Å². The second-order valence-electron chi connectivity index (χ2n) is 7.69. The van der Waals surface area contributed by atoms with Crippen molar-refractivity contribution in [3.63, 3.8) is 0 Å². The third kappa shape index (κ3) is 5.19. The molecule has 0 aliphatic rings. The van der Waals surface area contributed by atoms with Crippen LogP contribution < -0.4 is 19.5 Å². The number of ether oxygens (including phenoxy) is 2. The molecule has 0 aliphatic carbocycles. The van der Waals surface area contributed by atoms with E-state index in [0.29, 0.717) is 5.69 Å². The number of anilines is 3. The lowest BCUT2D eigenvalue weighted by Gasteiger charge is -2.12. The maximum Gasteiger partial charge on any atom is 0.321 e. The molecule has 0 atom stereocenters. The fourth-order valence-electron chi connectivity index (χ4n) is 3.48. The summed E-state index contributed by atoms with van der Waals surface area (Å²) in [5.74, 6) is -0.0137. The van der Waals surface area contributed by atoms with E-state index < -0.39 is 31.2 Å². The van der Waals surface area contributed by atoms with Crippen molar-refractivity contribution in [1.82, 2.24) is 15.0 Å². The highest BCUT2D eigenvalue weighted by Crippen LogP contribution is 2.40. The lowest BCUT2D eigenvalue weighted by atomic mass is 10.1. The van der Waals surface area contributed by atoms with E-state index in [1.165, 1.54) is 50.6 Å². The van der Waals surface area contributed by atoms with Crippen LogP contribution in [0.4, 0.5) is 28.6 Å². The van der Waals surface area contributed by atoms with Crippen molar-refractivity contribution in [2.75, 3.05) is 24.3 Å². The van der Waals surface area contributed by atoms with Gasteiger partial charge < -0.3 is 14.8 Å². The molecule has 38 heavy (non-hydrogen) atoms. The number of non-ortho nitro benzene ring substituents is 1. The van der Waals surface area contributed by atoms with Gasteiger partial charge in [0.25, 0.3) is 15.7 Å². The summed E-state index contributed by atoms with van der Waals surface area (Å²) >= 11 is 0. The summed E-state index contributed by atoms with van der Waals surface area (Å²) in [7, 11) is -1.44. The number of hydrogen-bond acceptors (Lipinski definition) is 12. The normalized spacial score (nSPS) is 11.1. The number of methoxy groups -OCH3 is 2. The van der Waals surface area contributed by atoms with Gasteiger partial charge in [0.1, 0.15) is 11.2 Å². The highest BCUT2D eigenvalue weighted by Gasteiger charge is 2.27. The van der Waals surface area contributed by atoms with Gasteiger partial charge in [0.05, 0.1) is 40.4 Å². The number of benzene rings is 2. The molecule has 2 aromatic carbocycles. The second-order valence-corrected chi connectivity index (χ2v) is 9.37. The summed E-state index contributed by atoms with van der Waals surface area (Å²) in [5, 5.41) is 26.3. The first-order valence-electron chi connectivity index (χ1n) is 10.6. The molecule has 4 aromatic rings. The van der Waals surface area contributed by atoms with Crippen LogP contribution in [0.15, 0.2) is 53.4 Å². The molecule has 4 rings (SSSR count). The number of rotatable bonds is 9. The number of fused-ring (bicyclic) bond motifs is 1. The molecule has 2 N–H and O–H groups in total. The first kappa shape index (κ1) is 26.0. The number of pyridine rings is 1. The number of aryl methyl sites for hydroxylation is 1. The lowest BCUT2D eigenvalue weighted by molar-refractivity contribution is -0.392. The minimum atomic E-state index is -4.10. The average molecular weight is 542 g/mol. The van der Waals surface area contributed by atoms with Crippen molar-refractivity contribution in [2.45, 2.75) is 11.8 Å². The van der Waals surface area contributed by atoms with Crippen molar-refractivity contribution >= 4 is 49.5 Å². The molecule has 0 saturated carbocycles. The Labute approximate surface area is 214 Å². The van der Waals surface area contributed by atoms with E-state index in [-0.39, 0.29) is 44.9 Å². The van der Waals surface area contributed by atoms with E-state index in [1.54, 1.807) is 13.0 Å². The molecule has 2 heterocycles. The first-order valence-corrected chi connectivity index (χ1v) is 12.1.